The highest BCUT2D eigenvalue weighted by atomic mass is 32.2. The fraction of sp³-hybridized carbons (Fsp3) is 0.200. The molecular weight excluding hydrogens is 393 g/mol. The van der Waals surface area contributed by atoms with Crippen molar-refractivity contribution in [1.29, 1.82) is 0 Å². The molecule has 7 nitrogen and oxygen atoms in total. The third-order valence-corrected chi connectivity index (χ3v) is 5.20. The monoisotopic (exact) mass is 413 g/mol. The number of nitrogens with one attached hydrogen (secondary N) is 2. The zero-order valence-corrected chi connectivity index (χ0v) is 17.0. The lowest BCUT2D eigenvalue weighted by Gasteiger charge is -2.14. The van der Waals surface area contributed by atoms with E-state index in [0.717, 1.165) is 23.0 Å². The van der Waals surface area contributed by atoms with Gasteiger partial charge in [0.2, 0.25) is 5.91 Å². The maximum atomic E-state index is 14.4. The molecule has 0 unspecified atom stereocenters. The Hall–Kier alpha value is -3.20. The molecule has 3 rings (SSSR count). The molecule has 0 spiro atoms. The van der Waals surface area contributed by atoms with Crippen molar-refractivity contribution in [2.24, 2.45) is 0 Å². The number of aromatic nitrogens is 3. The Morgan fingerprint density at radius 1 is 1.10 bits per heavy atom. The molecule has 0 fully saturated rings. The summed E-state index contributed by atoms with van der Waals surface area (Å²) in [6.07, 6.45) is 0. The highest BCUT2D eigenvalue weighted by molar-refractivity contribution is 8.00. The lowest BCUT2D eigenvalue weighted by molar-refractivity contribution is -0.119. The van der Waals surface area contributed by atoms with Gasteiger partial charge in [0.1, 0.15) is 5.82 Å². The van der Waals surface area contributed by atoms with Gasteiger partial charge in [-0.1, -0.05) is 41.6 Å². The number of carbonyl (C=O) groups is 2. The number of hydrogen-bond donors (Lipinski definition) is 2. The van der Waals surface area contributed by atoms with Crippen LogP contribution in [0.15, 0.2) is 53.7 Å². The molecule has 1 heterocycles. The topological polar surface area (TPSA) is 88.9 Å². The molecule has 1 aromatic heterocycles. The predicted octanol–water partition coefficient (Wildman–Crippen LogP) is 3.32. The second-order valence-corrected chi connectivity index (χ2v) is 7.59. The van der Waals surface area contributed by atoms with Crippen LogP contribution in [0, 0.1) is 12.7 Å². The van der Waals surface area contributed by atoms with E-state index >= 15 is 0 Å². The average molecular weight is 413 g/mol. The largest absolute Gasteiger partial charge is 0.341 e. The molecule has 0 saturated heterocycles. The van der Waals surface area contributed by atoms with Crippen molar-refractivity contribution in [2.45, 2.75) is 24.3 Å². The van der Waals surface area contributed by atoms with Crippen molar-refractivity contribution in [3.63, 3.8) is 0 Å². The summed E-state index contributed by atoms with van der Waals surface area (Å²) in [5.41, 5.74) is 2.11. The van der Waals surface area contributed by atoms with E-state index in [1.54, 1.807) is 29.7 Å². The molecule has 150 valence electrons. The number of benzene rings is 2. The summed E-state index contributed by atoms with van der Waals surface area (Å²) < 4.78 is 16.1. The van der Waals surface area contributed by atoms with Gasteiger partial charge in [0.25, 0.3) is 0 Å². The van der Waals surface area contributed by atoms with E-state index in [0.29, 0.717) is 16.5 Å². The molecular formula is C20H20FN5O2S. The Bertz CT molecular complexity index is 1040. The zero-order chi connectivity index (χ0) is 21.0. The normalized spacial score (nSPS) is 11.7. The van der Waals surface area contributed by atoms with Gasteiger partial charge in [-0.15, -0.1) is 10.2 Å². The summed E-state index contributed by atoms with van der Waals surface area (Å²) in [6.45, 7) is 3.62. The minimum atomic E-state index is -0.630. The average Bonchev–Trinajstić information content (AvgIpc) is 3.12. The first kappa shape index (κ1) is 20.5. The van der Waals surface area contributed by atoms with Crippen LogP contribution >= 0.6 is 11.8 Å². The van der Waals surface area contributed by atoms with Crippen LogP contribution in [-0.2, 0) is 4.79 Å². The maximum Gasteiger partial charge on any atom is 0.321 e. The molecule has 0 saturated carbocycles. The lowest BCUT2D eigenvalue weighted by atomic mass is 10.2. The van der Waals surface area contributed by atoms with Crippen LogP contribution < -0.4 is 10.6 Å². The third-order valence-electron chi connectivity index (χ3n) is 4.16. The molecule has 3 amide bonds. The number of nitrogens with zero attached hydrogens (tertiary/aromatic N) is 3. The summed E-state index contributed by atoms with van der Waals surface area (Å²) in [4.78, 5) is 23.6. The Kier molecular flexibility index (Phi) is 6.28. The second-order valence-electron chi connectivity index (χ2n) is 6.29. The molecule has 0 aliphatic rings. The van der Waals surface area contributed by atoms with Crippen molar-refractivity contribution in [3.05, 3.63) is 59.9 Å². The standard InChI is InChI=1S/C20H20FN5O2S/c1-12-8-10-14(11-9-12)26-17(15-6-4-5-7-16(15)21)24-25-20(26)29-13(2)18(27)23-19(28)22-3/h4-11,13H,1-3H3,(H2,22,23,27,28)/t13-/m1/s1. The zero-order valence-electron chi connectivity index (χ0n) is 16.1. The summed E-state index contributed by atoms with van der Waals surface area (Å²) >= 11 is 1.13. The van der Waals surface area contributed by atoms with E-state index < -0.39 is 23.0 Å². The van der Waals surface area contributed by atoms with Crippen molar-refractivity contribution in [2.75, 3.05) is 7.05 Å². The Balaban J connectivity index is 2.01. The SMILES string of the molecule is CNC(=O)NC(=O)[C@@H](C)Sc1nnc(-c2ccccc2F)n1-c1ccc(C)cc1. The smallest absolute Gasteiger partial charge is 0.321 e. The quantitative estimate of drug-likeness (QED) is 0.627. The summed E-state index contributed by atoms with van der Waals surface area (Å²) in [7, 11) is 1.43. The van der Waals surface area contributed by atoms with Gasteiger partial charge in [0.15, 0.2) is 11.0 Å². The second kappa shape index (κ2) is 8.87. The minimum absolute atomic E-state index is 0.301. The van der Waals surface area contributed by atoms with Crippen molar-refractivity contribution in [1.82, 2.24) is 25.4 Å². The van der Waals surface area contributed by atoms with E-state index in [1.807, 2.05) is 31.2 Å². The number of hydrogen-bond acceptors (Lipinski definition) is 5. The molecule has 29 heavy (non-hydrogen) atoms. The van der Waals surface area contributed by atoms with E-state index in [4.69, 9.17) is 0 Å². The molecule has 0 aliphatic carbocycles. The molecule has 9 heteroatoms. The fourth-order valence-electron chi connectivity index (χ4n) is 2.58. The first-order valence-electron chi connectivity index (χ1n) is 8.87. The van der Waals surface area contributed by atoms with Crippen LogP contribution in [0.25, 0.3) is 17.1 Å². The van der Waals surface area contributed by atoms with E-state index in [2.05, 4.69) is 20.8 Å². The van der Waals surface area contributed by atoms with Gasteiger partial charge in [-0.2, -0.15) is 0 Å². The van der Waals surface area contributed by atoms with Gasteiger partial charge >= 0.3 is 6.03 Å². The number of rotatable bonds is 5. The first-order valence-corrected chi connectivity index (χ1v) is 9.75. The number of imide groups is 1. The van der Waals surface area contributed by atoms with Crippen LogP contribution in [0.4, 0.5) is 9.18 Å². The van der Waals surface area contributed by atoms with E-state index in [-0.39, 0.29) is 0 Å². The summed E-state index contributed by atoms with van der Waals surface area (Å²) in [5.74, 6) is -0.566. The highest BCUT2D eigenvalue weighted by Crippen LogP contribution is 2.31. The predicted molar refractivity (Wildman–Crippen MR) is 109 cm³/mol. The first-order chi connectivity index (χ1) is 13.9. The van der Waals surface area contributed by atoms with Crippen LogP contribution in [0.2, 0.25) is 0 Å². The molecule has 2 aromatic carbocycles. The van der Waals surface area contributed by atoms with Gasteiger partial charge in [0, 0.05) is 12.7 Å². The molecule has 0 aliphatic heterocycles. The maximum absolute atomic E-state index is 14.4. The van der Waals surface area contributed by atoms with Crippen molar-refractivity contribution >= 4 is 23.7 Å². The van der Waals surface area contributed by atoms with Gasteiger partial charge in [-0.05, 0) is 38.1 Å². The number of halogens is 1. The number of urea groups is 1. The van der Waals surface area contributed by atoms with Crippen LogP contribution in [-0.4, -0.2) is 39.0 Å². The van der Waals surface area contributed by atoms with Gasteiger partial charge in [-0.3, -0.25) is 14.7 Å². The number of aryl methyl sites for hydroxylation is 1. The summed E-state index contributed by atoms with van der Waals surface area (Å²) in [6, 6.07) is 13.3. The van der Waals surface area contributed by atoms with Gasteiger partial charge in [-0.25, -0.2) is 9.18 Å². The Morgan fingerprint density at radius 3 is 2.45 bits per heavy atom. The summed E-state index contributed by atoms with van der Waals surface area (Å²) in [5, 5.41) is 12.7. The van der Waals surface area contributed by atoms with Gasteiger partial charge < -0.3 is 5.32 Å². The van der Waals surface area contributed by atoms with Crippen LogP contribution in [0.5, 0.6) is 0 Å². The minimum Gasteiger partial charge on any atom is -0.341 e. The van der Waals surface area contributed by atoms with E-state index in [9.17, 15) is 14.0 Å². The van der Waals surface area contributed by atoms with Crippen LogP contribution in [0.1, 0.15) is 12.5 Å². The van der Waals surface area contributed by atoms with Crippen molar-refractivity contribution < 1.29 is 14.0 Å². The van der Waals surface area contributed by atoms with Gasteiger partial charge in [0.05, 0.1) is 10.8 Å². The Labute approximate surface area is 171 Å². The van der Waals surface area contributed by atoms with E-state index in [1.165, 1.54) is 13.1 Å². The number of carbonyl (C=O) groups excluding carboxylic acids is 2. The molecule has 0 radical (unpaired) electrons. The highest BCUT2D eigenvalue weighted by Gasteiger charge is 2.23. The lowest BCUT2D eigenvalue weighted by Crippen LogP contribution is -2.41. The molecule has 2 N–H and O–H groups in total. The number of amides is 3. The number of thioether (sulfide) groups is 1. The third kappa shape index (κ3) is 4.62. The van der Waals surface area contributed by atoms with Crippen molar-refractivity contribution in [3.8, 4) is 17.1 Å². The van der Waals surface area contributed by atoms with Crippen LogP contribution in [0.3, 0.4) is 0 Å². The molecule has 0 bridgehead atoms. The fourth-order valence-corrected chi connectivity index (χ4v) is 3.44. The Morgan fingerprint density at radius 2 is 1.79 bits per heavy atom. The molecule has 3 aromatic rings. The molecule has 1 atom stereocenters.